The normalized spacial score (nSPS) is 11.4. The van der Waals surface area contributed by atoms with Crippen molar-refractivity contribution in [2.24, 2.45) is 0 Å². The molecule has 0 aliphatic heterocycles. The molecule has 0 aliphatic carbocycles. The molecule has 0 aromatic heterocycles. The van der Waals surface area contributed by atoms with E-state index >= 15 is 0 Å². The number of sulfone groups is 1. The molecule has 0 unspecified atom stereocenters. The molecule has 0 aliphatic rings. The molecular weight excluding hydrogens is 216 g/mol. The van der Waals surface area contributed by atoms with Gasteiger partial charge in [0.05, 0.1) is 5.75 Å². The highest BCUT2D eigenvalue weighted by Gasteiger charge is 2.03. The highest BCUT2D eigenvalue weighted by atomic mass is 32.2. The van der Waals surface area contributed by atoms with E-state index in [9.17, 15) is 13.2 Å². The van der Waals surface area contributed by atoms with Crippen molar-refractivity contribution in [3.8, 4) is 0 Å². The fourth-order valence-electron chi connectivity index (χ4n) is 0.971. The Balaban J connectivity index is 3.37. The lowest BCUT2D eigenvalue weighted by Gasteiger charge is -2.09. The SMILES string of the molecule is CN(C)C(=O)CCCNCCS(C)(=O)=O. The predicted octanol–water partition coefficient (Wildman–Crippen LogP) is -0.511. The van der Waals surface area contributed by atoms with Crippen molar-refractivity contribution < 1.29 is 13.2 Å². The molecule has 0 heterocycles. The Morgan fingerprint density at radius 1 is 1.27 bits per heavy atom. The highest BCUT2D eigenvalue weighted by Crippen LogP contribution is 1.91. The number of hydrogen-bond acceptors (Lipinski definition) is 4. The van der Waals surface area contributed by atoms with Crippen molar-refractivity contribution in [3.05, 3.63) is 0 Å². The lowest BCUT2D eigenvalue weighted by molar-refractivity contribution is -0.128. The Morgan fingerprint density at radius 2 is 1.87 bits per heavy atom. The summed E-state index contributed by atoms with van der Waals surface area (Å²) in [5.41, 5.74) is 0. The van der Waals surface area contributed by atoms with Gasteiger partial charge >= 0.3 is 0 Å². The predicted molar refractivity (Wildman–Crippen MR) is 60.5 cm³/mol. The lowest BCUT2D eigenvalue weighted by atomic mass is 10.3. The number of nitrogens with one attached hydrogen (secondary N) is 1. The van der Waals surface area contributed by atoms with Gasteiger partial charge in [-0.2, -0.15) is 0 Å². The zero-order valence-corrected chi connectivity index (χ0v) is 10.4. The fourth-order valence-corrected chi connectivity index (χ4v) is 1.49. The van der Waals surface area contributed by atoms with Crippen LogP contribution in [-0.4, -0.2) is 58.4 Å². The van der Waals surface area contributed by atoms with Crippen molar-refractivity contribution in [1.82, 2.24) is 10.2 Å². The number of rotatable bonds is 7. The zero-order valence-electron chi connectivity index (χ0n) is 9.62. The number of nitrogens with zero attached hydrogens (tertiary/aromatic N) is 1. The van der Waals surface area contributed by atoms with Gasteiger partial charge in [0.2, 0.25) is 5.91 Å². The number of hydrogen-bond donors (Lipinski definition) is 1. The van der Waals surface area contributed by atoms with Gasteiger partial charge in [-0.05, 0) is 13.0 Å². The van der Waals surface area contributed by atoms with Gasteiger partial charge in [-0.3, -0.25) is 4.79 Å². The molecule has 0 rings (SSSR count). The molecule has 1 N–H and O–H groups in total. The van der Waals surface area contributed by atoms with Gasteiger partial charge in [0, 0.05) is 33.3 Å². The van der Waals surface area contributed by atoms with E-state index in [2.05, 4.69) is 5.32 Å². The van der Waals surface area contributed by atoms with Gasteiger partial charge in [0.15, 0.2) is 0 Å². The summed E-state index contributed by atoms with van der Waals surface area (Å²) < 4.78 is 21.5. The maximum atomic E-state index is 11.1. The average Bonchev–Trinajstić information content (AvgIpc) is 2.08. The van der Waals surface area contributed by atoms with E-state index < -0.39 is 9.84 Å². The summed E-state index contributed by atoms with van der Waals surface area (Å²) in [4.78, 5) is 12.7. The Kier molecular flexibility index (Phi) is 6.51. The average molecular weight is 236 g/mol. The second kappa shape index (κ2) is 6.79. The van der Waals surface area contributed by atoms with E-state index in [1.165, 1.54) is 6.26 Å². The molecule has 0 saturated carbocycles. The van der Waals surface area contributed by atoms with Crippen LogP contribution in [-0.2, 0) is 14.6 Å². The summed E-state index contributed by atoms with van der Waals surface area (Å²) in [5, 5.41) is 2.99. The van der Waals surface area contributed by atoms with Crippen molar-refractivity contribution in [3.63, 3.8) is 0 Å². The summed E-state index contributed by atoms with van der Waals surface area (Å²) in [7, 11) is 0.565. The number of carbonyl (C=O) groups excluding carboxylic acids is 1. The third kappa shape index (κ3) is 9.68. The molecule has 0 spiro atoms. The van der Waals surface area contributed by atoms with Gasteiger partial charge < -0.3 is 10.2 Å². The molecule has 90 valence electrons. The summed E-state index contributed by atoms with van der Waals surface area (Å²) in [6.45, 7) is 1.13. The molecule has 0 aromatic rings. The second-order valence-corrected chi connectivity index (χ2v) is 6.03. The van der Waals surface area contributed by atoms with Crippen molar-refractivity contribution in [2.45, 2.75) is 12.8 Å². The molecule has 15 heavy (non-hydrogen) atoms. The molecule has 0 saturated heterocycles. The molecular formula is C9H20N2O3S. The lowest BCUT2D eigenvalue weighted by Crippen LogP contribution is -2.26. The van der Waals surface area contributed by atoms with Crippen molar-refractivity contribution >= 4 is 15.7 Å². The largest absolute Gasteiger partial charge is 0.349 e. The van der Waals surface area contributed by atoms with Crippen molar-refractivity contribution in [1.29, 1.82) is 0 Å². The smallest absolute Gasteiger partial charge is 0.222 e. The van der Waals surface area contributed by atoms with E-state index in [1.807, 2.05) is 0 Å². The maximum Gasteiger partial charge on any atom is 0.222 e. The summed E-state index contributed by atoms with van der Waals surface area (Å²) in [5.74, 6) is 0.245. The topological polar surface area (TPSA) is 66.5 Å². The zero-order chi connectivity index (χ0) is 11.9. The third-order valence-electron chi connectivity index (χ3n) is 1.89. The summed E-state index contributed by atoms with van der Waals surface area (Å²) in [6, 6.07) is 0. The standard InChI is InChI=1S/C9H20N2O3S/c1-11(2)9(12)5-4-6-10-7-8-15(3,13)14/h10H,4-8H2,1-3H3. The van der Waals surface area contributed by atoms with Crippen LogP contribution >= 0.6 is 0 Å². The molecule has 0 fully saturated rings. The van der Waals surface area contributed by atoms with Crippen LogP contribution in [0.4, 0.5) is 0 Å². The first kappa shape index (κ1) is 14.4. The number of amides is 1. The quantitative estimate of drug-likeness (QED) is 0.605. The molecule has 0 bridgehead atoms. The van der Waals surface area contributed by atoms with Crippen LogP contribution in [0.1, 0.15) is 12.8 Å². The Labute approximate surface area is 91.8 Å². The van der Waals surface area contributed by atoms with Crippen LogP contribution in [0, 0.1) is 0 Å². The fraction of sp³-hybridized carbons (Fsp3) is 0.889. The van der Waals surface area contributed by atoms with Gasteiger partial charge in [0.1, 0.15) is 9.84 Å². The van der Waals surface area contributed by atoms with E-state index in [-0.39, 0.29) is 11.7 Å². The number of carbonyl (C=O) groups is 1. The Morgan fingerprint density at radius 3 is 2.33 bits per heavy atom. The third-order valence-corrected chi connectivity index (χ3v) is 2.84. The molecule has 0 aromatic carbocycles. The molecule has 0 radical (unpaired) electrons. The van der Waals surface area contributed by atoms with Crippen LogP contribution in [0.5, 0.6) is 0 Å². The van der Waals surface area contributed by atoms with Gasteiger partial charge in [-0.1, -0.05) is 0 Å². The van der Waals surface area contributed by atoms with Gasteiger partial charge in [0.25, 0.3) is 0 Å². The first-order valence-corrected chi connectivity index (χ1v) is 6.97. The van der Waals surface area contributed by atoms with Gasteiger partial charge in [-0.25, -0.2) is 8.42 Å². The van der Waals surface area contributed by atoms with E-state index in [0.717, 1.165) is 6.42 Å². The minimum atomic E-state index is -2.88. The Hall–Kier alpha value is -0.620. The first-order chi connectivity index (χ1) is 6.83. The molecule has 0 atom stereocenters. The van der Waals surface area contributed by atoms with E-state index in [0.29, 0.717) is 19.5 Å². The molecule has 1 amide bonds. The minimum Gasteiger partial charge on any atom is -0.349 e. The summed E-state index contributed by atoms with van der Waals surface area (Å²) in [6.07, 6.45) is 2.45. The van der Waals surface area contributed by atoms with Gasteiger partial charge in [-0.15, -0.1) is 0 Å². The molecule has 6 heteroatoms. The summed E-state index contributed by atoms with van der Waals surface area (Å²) >= 11 is 0. The van der Waals surface area contributed by atoms with Crippen LogP contribution in [0.25, 0.3) is 0 Å². The van der Waals surface area contributed by atoms with E-state index in [4.69, 9.17) is 0 Å². The highest BCUT2D eigenvalue weighted by molar-refractivity contribution is 7.90. The second-order valence-electron chi connectivity index (χ2n) is 3.77. The van der Waals surface area contributed by atoms with Crippen LogP contribution in [0.15, 0.2) is 0 Å². The first-order valence-electron chi connectivity index (χ1n) is 4.91. The maximum absolute atomic E-state index is 11.1. The minimum absolute atomic E-state index is 0.0971. The van der Waals surface area contributed by atoms with Crippen LogP contribution < -0.4 is 5.32 Å². The molecule has 5 nitrogen and oxygen atoms in total. The van der Waals surface area contributed by atoms with Crippen molar-refractivity contribution in [2.75, 3.05) is 39.2 Å². The van der Waals surface area contributed by atoms with Crippen LogP contribution in [0.2, 0.25) is 0 Å². The van der Waals surface area contributed by atoms with E-state index in [1.54, 1.807) is 19.0 Å². The van der Waals surface area contributed by atoms with Crippen LogP contribution in [0.3, 0.4) is 0 Å². The monoisotopic (exact) mass is 236 g/mol. The Bertz CT molecular complexity index is 286.